The smallest absolute Gasteiger partial charge is 0.273 e. The van der Waals surface area contributed by atoms with Gasteiger partial charge in [-0.2, -0.15) is 0 Å². The molecule has 2 heterocycles. The van der Waals surface area contributed by atoms with Crippen LogP contribution in [0, 0.1) is 12.8 Å². The Balaban J connectivity index is 1.37. The highest BCUT2D eigenvalue weighted by molar-refractivity contribution is 6.32. The van der Waals surface area contributed by atoms with Gasteiger partial charge in [0.25, 0.3) is 5.92 Å². The Bertz CT molecular complexity index is 1330. The van der Waals surface area contributed by atoms with Crippen LogP contribution in [0.1, 0.15) is 79.6 Å². The van der Waals surface area contributed by atoms with Gasteiger partial charge in [0, 0.05) is 29.8 Å². The van der Waals surface area contributed by atoms with Gasteiger partial charge in [-0.3, -0.25) is 9.78 Å². The van der Waals surface area contributed by atoms with Gasteiger partial charge in [0.05, 0.1) is 17.1 Å². The number of pyridine rings is 1. The second-order valence-electron chi connectivity index (χ2n) is 9.57. The summed E-state index contributed by atoms with van der Waals surface area (Å²) >= 11 is 6.57. The number of aryl methyl sites for hydroxylation is 1. The van der Waals surface area contributed by atoms with Crippen LogP contribution in [0.2, 0.25) is 5.02 Å². The van der Waals surface area contributed by atoms with Crippen molar-refractivity contribution in [2.24, 2.45) is 5.92 Å². The number of nitrogens with zero attached hydrogens (tertiary/aromatic N) is 3. The van der Waals surface area contributed by atoms with Gasteiger partial charge >= 0.3 is 0 Å². The van der Waals surface area contributed by atoms with Gasteiger partial charge in [0.1, 0.15) is 6.61 Å². The van der Waals surface area contributed by atoms with Crippen molar-refractivity contribution >= 4 is 28.8 Å². The van der Waals surface area contributed by atoms with E-state index in [0.29, 0.717) is 47.8 Å². The Labute approximate surface area is 225 Å². The number of aliphatic hydroxyl groups excluding tert-OH is 1. The number of amides is 1. The minimum atomic E-state index is -2.88. The molecule has 1 aliphatic rings. The number of carbonyl (C=O) groups excluding carboxylic acids is 1. The molecular weight excluding hydrogens is 514 g/mol. The molecule has 2 aromatic heterocycles. The topological polar surface area (TPSA) is 101 Å². The monoisotopic (exact) mass is 544 g/mol. The Kier molecular flexibility index (Phi) is 8.89. The summed E-state index contributed by atoms with van der Waals surface area (Å²) in [4.78, 5) is 17.5. The third-order valence-electron chi connectivity index (χ3n) is 6.81. The van der Waals surface area contributed by atoms with E-state index < -0.39 is 5.92 Å². The molecule has 4 rings (SSSR count). The minimum Gasteiger partial charge on any atom is -0.422 e. The highest BCUT2D eigenvalue weighted by Gasteiger charge is 2.30. The van der Waals surface area contributed by atoms with E-state index in [1.807, 2.05) is 6.07 Å². The number of anilines is 1. The van der Waals surface area contributed by atoms with Crippen molar-refractivity contribution in [3.63, 3.8) is 0 Å². The molecule has 1 aromatic carbocycles. The molecule has 0 fully saturated rings. The predicted octanol–water partition coefficient (Wildman–Crippen LogP) is 6.61. The fourth-order valence-electron chi connectivity index (χ4n) is 4.72. The Hall–Kier alpha value is -3.17. The van der Waals surface area contributed by atoms with Gasteiger partial charge in [0.2, 0.25) is 17.7 Å². The Morgan fingerprint density at radius 2 is 2.03 bits per heavy atom. The number of hydrogen-bond acceptors (Lipinski definition) is 6. The first kappa shape index (κ1) is 27.9. The van der Waals surface area contributed by atoms with Crippen LogP contribution in [-0.4, -0.2) is 26.2 Å². The van der Waals surface area contributed by atoms with Gasteiger partial charge in [-0.25, -0.2) is 8.78 Å². The molecule has 10 heteroatoms. The van der Waals surface area contributed by atoms with E-state index in [-0.39, 0.29) is 36.3 Å². The molecule has 1 atom stereocenters. The number of halogens is 3. The first-order chi connectivity index (χ1) is 18.2. The van der Waals surface area contributed by atoms with E-state index in [0.717, 1.165) is 29.7 Å². The second-order valence-corrected chi connectivity index (χ2v) is 9.98. The van der Waals surface area contributed by atoms with E-state index in [1.54, 1.807) is 25.3 Å². The standard InChI is InChI=1S/C28H31ClF2N4O3/c1-3-28(30,31)22-11-10-21(12-17(22)2)33-27(37)20-8-4-6-19(7-5-9-20)26-23(29)13-18(15-32-26)14-24-34-35-25(16-36)38-24/h6,10-13,15,20,36H,3-5,7-9,14,16H2,1-2H3,(H,33,37). The van der Waals surface area contributed by atoms with E-state index in [4.69, 9.17) is 21.1 Å². The zero-order valence-corrected chi connectivity index (χ0v) is 22.2. The molecule has 0 aliphatic heterocycles. The molecule has 0 radical (unpaired) electrons. The summed E-state index contributed by atoms with van der Waals surface area (Å²) < 4.78 is 33.5. The fourth-order valence-corrected chi connectivity index (χ4v) is 5.03. The summed E-state index contributed by atoms with van der Waals surface area (Å²) in [5.41, 5.74) is 3.57. The molecule has 38 heavy (non-hydrogen) atoms. The van der Waals surface area contributed by atoms with Crippen LogP contribution in [0.3, 0.4) is 0 Å². The normalized spacial score (nSPS) is 16.5. The van der Waals surface area contributed by atoms with Crippen LogP contribution in [0.5, 0.6) is 0 Å². The maximum absolute atomic E-state index is 14.1. The van der Waals surface area contributed by atoms with E-state index in [9.17, 15) is 13.6 Å². The Morgan fingerprint density at radius 1 is 1.24 bits per heavy atom. The summed E-state index contributed by atoms with van der Waals surface area (Å²) in [5.74, 6) is -2.62. The van der Waals surface area contributed by atoms with Crippen molar-refractivity contribution in [3.05, 3.63) is 75.7 Å². The first-order valence-corrected chi connectivity index (χ1v) is 13.1. The zero-order valence-electron chi connectivity index (χ0n) is 21.4. The summed E-state index contributed by atoms with van der Waals surface area (Å²) in [6.45, 7) is 2.78. The third-order valence-corrected chi connectivity index (χ3v) is 7.10. The van der Waals surface area contributed by atoms with Crippen LogP contribution in [0.25, 0.3) is 5.57 Å². The second kappa shape index (κ2) is 12.1. The molecule has 0 bridgehead atoms. The lowest BCUT2D eigenvalue weighted by atomic mass is 9.89. The number of alkyl halides is 2. The number of benzene rings is 1. The molecule has 1 unspecified atom stereocenters. The van der Waals surface area contributed by atoms with Crippen LogP contribution >= 0.6 is 11.6 Å². The number of allylic oxidation sites excluding steroid dienone is 2. The predicted molar refractivity (Wildman–Crippen MR) is 141 cm³/mol. The number of aromatic nitrogens is 3. The molecule has 1 aliphatic carbocycles. The number of carbonyl (C=O) groups is 1. The number of hydrogen-bond donors (Lipinski definition) is 2. The van der Waals surface area contributed by atoms with Crippen molar-refractivity contribution in [2.75, 3.05) is 5.32 Å². The van der Waals surface area contributed by atoms with E-state index >= 15 is 0 Å². The molecule has 2 N–H and O–H groups in total. The van der Waals surface area contributed by atoms with Crippen LogP contribution in [-0.2, 0) is 23.7 Å². The SMILES string of the molecule is CCC(F)(F)c1ccc(NC(=O)C2CCC=C(c3ncc(Cc4nnc(CO)o4)cc3Cl)CCC2)cc1C. The van der Waals surface area contributed by atoms with Crippen molar-refractivity contribution in [2.45, 2.75) is 71.3 Å². The first-order valence-electron chi connectivity index (χ1n) is 12.8. The summed E-state index contributed by atoms with van der Waals surface area (Å²) in [7, 11) is 0. The largest absolute Gasteiger partial charge is 0.422 e. The highest BCUT2D eigenvalue weighted by Crippen LogP contribution is 2.35. The molecule has 0 saturated heterocycles. The number of nitrogens with one attached hydrogen (secondary N) is 1. The maximum Gasteiger partial charge on any atom is 0.273 e. The lowest BCUT2D eigenvalue weighted by Crippen LogP contribution is -2.23. The van der Waals surface area contributed by atoms with E-state index in [1.165, 1.54) is 13.0 Å². The van der Waals surface area contributed by atoms with Gasteiger partial charge in [-0.1, -0.05) is 30.7 Å². The Morgan fingerprint density at radius 3 is 2.71 bits per heavy atom. The lowest BCUT2D eigenvalue weighted by molar-refractivity contribution is -0.120. The molecule has 202 valence electrons. The molecule has 0 spiro atoms. The van der Waals surface area contributed by atoms with Gasteiger partial charge in [-0.05, 0) is 73.9 Å². The van der Waals surface area contributed by atoms with E-state index in [2.05, 4.69) is 26.6 Å². The molecule has 1 amide bonds. The van der Waals surface area contributed by atoms with Crippen molar-refractivity contribution in [1.82, 2.24) is 15.2 Å². The summed E-state index contributed by atoms with van der Waals surface area (Å²) in [6, 6.07) is 6.38. The third kappa shape index (κ3) is 6.63. The quantitative estimate of drug-likeness (QED) is 0.331. The molecule has 7 nitrogen and oxygen atoms in total. The van der Waals surface area contributed by atoms with Crippen LogP contribution in [0.4, 0.5) is 14.5 Å². The van der Waals surface area contributed by atoms with Gasteiger partial charge in [0.15, 0.2) is 0 Å². The van der Waals surface area contributed by atoms with Crippen molar-refractivity contribution < 1.29 is 23.1 Å². The van der Waals surface area contributed by atoms with Crippen molar-refractivity contribution in [1.29, 1.82) is 0 Å². The molecule has 0 saturated carbocycles. The summed E-state index contributed by atoms with van der Waals surface area (Å²) in [5, 5.41) is 20.1. The molecular formula is C28H31ClF2N4O3. The molecule has 3 aromatic rings. The summed E-state index contributed by atoms with van der Waals surface area (Å²) in [6.07, 6.45) is 7.49. The number of rotatable bonds is 8. The van der Waals surface area contributed by atoms with Gasteiger partial charge in [-0.15, -0.1) is 10.2 Å². The number of aliphatic hydroxyl groups is 1. The van der Waals surface area contributed by atoms with Crippen molar-refractivity contribution in [3.8, 4) is 0 Å². The van der Waals surface area contributed by atoms with Gasteiger partial charge < -0.3 is 14.8 Å². The maximum atomic E-state index is 14.1. The van der Waals surface area contributed by atoms with Crippen LogP contribution < -0.4 is 5.32 Å². The fraction of sp³-hybridized carbons (Fsp3) is 0.429. The minimum absolute atomic E-state index is 0.00704. The zero-order chi connectivity index (χ0) is 27.3. The highest BCUT2D eigenvalue weighted by atomic mass is 35.5. The lowest BCUT2D eigenvalue weighted by Gasteiger charge is -2.21. The van der Waals surface area contributed by atoms with Crippen LogP contribution in [0.15, 0.2) is 41.0 Å². The average molecular weight is 545 g/mol. The average Bonchev–Trinajstić information content (AvgIpc) is 3.32.